The molecular weight excluding hydrogens is 1190 g/mol. The monoisotopic (exact) mass is 1260 g/mol. The Kier molecular flexibility index (Phi) is 20.4. The van der Waals surface area contributed by atoms with Gasteiger partial charge in [0.1, 0.15) is 13.2 Å². The van der Waals surface area contributed by atoms with Crippen LogP contribution in [-0.2, 0) is 64.8 Å². The fourth-order valence-corrected chi connectivity index (χ4v) is 15.0. The zero-order chi connectivity index (χ0) is 62.1. The molecular formula is C63H73N7O15S3. The normalized spacial score (nSPS) is 17.4. The van der Waals surface area contributed by atoms with Crippen LogP contribution in [0.1, 0.15) is 69.7 Å². The summed E-state index contributed by atoms with van der Waals surface area (Å²) in [6, 6.07) is 26.6. The number of carbonyl (C=O) groups is 5. The molecule has 0 aromatic heterocycles. The highest BCUT2D eigenvalue weighted by molar-refractivity contribution is 8.77. The molecule has 5 heterocycles. The van der Waals surface area contributed by atoms with Crippen molar-refractivity contribution in [1.29, 1.82) is 0 Å². The molecule has 4 N–H and O–H groups in total. The Hall–Kier alpha value is -7.52. The minimum atomic E-state index is -4.77. The number of imide groups is 1. The van der Waals surface area contributed by atoms with Crippen LogP contribution in [0.3, 0.4) is 0 Å². The van der Waals surface area contributed by atoms with Crippen LogP contribution in [0.15, 0.2) is 103 Å². The molecule has 88 heavy (non-hydrogen) atoms. The van der Waals surface area contributed by atoms with Gasteiger partial charge in [0, 0.05) is 98.1 Å². The number of rotatable bonds is 30. The van der Waals surface area contributed by atoms with Crippen molar-refractivity contribution >= 4 is 89.7 Å². The van der Waals surface area contributed by atoms with Crippen molar-refractivity contribution in [2.45, 2.75) is 74.9 Å². The van der Waals surface area contributed by atoms with Crippen LogP contribution in [0.2, 0.25) is 0 Å². The number of fused-ring (bicyclic) bond motifs is 8. The van der Waals surface area contributed by atoms with E-state index in [2.05, 4.69) is 40.8 Å². The van der Waals surface area contributed by atoms with E-state index >= 15 is 0 Å². The van der Waals surface area contributed by atoms with Crippen molar-refractivity contribution in [2.24, 2.45) is 0 Å². The predicted octanol–water partition coefficient (Wildman–Crippen LogP) is 7.54. The maximum Gasteiger partial charge on any atom is 0.288 e. The molecule has 0 bridgehead atoms. The molecule has 3 atom stereocenters. The Balaban J connectivity index is 0.913. The van der Waals surface area contributed by atoms with Crippen molar-refractivity contribution in [2.75, 3.05) is 118 Å². The summed E-state index contributed by atoms with van der Waals surface area (Å²) < 4.78 is 78.6. The number of ether oxygens (including phenoxy) is 7. The van der Waals surface area contributed by atoms with E-state index in [9.17, 15) is 36.9 Å². The lowest BCUT2D eigenvalue weighted by Gasteiger charge is -2.34. The average molecular weight is 1260 g/mol. The van der Waals surface area contributed by atoms with Gasteiger partial charge in [-0.3, -0.25) is 33.4 Å². The smallest absolute Gasteiger partial charge is 0.288 e. The molecule has 0 saturated heterocycles. The summed E-state index contributed by atoms with van der Waals surface area (Å²) in [5.74, 6) is 0.299. The van der Waals surface area contributed by atoms with Gasteiger partial charge >= 0.3 is 0 Å². The number of nitrogens with zero attached hydrogens (tertiary/aromatic N) is 4. The molecule has 5 amide bonds. The standard InChI is InChI=1S/C63H73N7O15S3/c1-63(2,87-86-26-10-15-57(71)64-18-19-68-58(72)16-17-59(68)73)39-67(20-21-82-24-25-83-23-22-79-3)44-28-40(37-84-55-34-48-46(32-53(55)80-4)61(74)69-45(36-65-48)30-42-11-6-8-13-50(42)69)27-41(29-44)38-85-56-35-49-47(33-54(56)81-5)62(75)70-51-14-9-7-12-43(51)31-52(70)60(66-49)88(76,77)78/h6-9,11-14,16-17,27-29,32-35,45,52,60,65-66H,10,15,18-26,30-31,36-39H2,1-5H3,(H,64,71)(H,76,77,78)/t45-,52-,60?/m0/s1. The van der Waals surface area contributed by atoms with Gasteiger partial charge in [0.15, 0.2) is 28.4 Å². The third kappa shape index (κ3) is 14.8. The summed E-state index contributed by atoms with van der Waals surface area (Å²) in [4.78, 5) is 72.0. The second kappa shape index (κ2) is 28.3. The van der Waals surface area contributed by atoms with Crippen molar-refractivity contribution in [3.8, 4) is 23.0 Å². The van der Waals surface area contributed by atoms with Crippen LogP contribution < -0.4 is 49.6 Å². The maximum absolute atomic E-state index is 14.5. The SMILES string of the molecule is COCCOCCOCCN(CC(C)(C)SSCCCC(=O)NCCN1C(=O)C=CC1=O)c1cc(COc2cc3c(cc2OC)C(=O)N2c4ccccc4C[C@H]2CN3)cc(COc2cc3c(cc2OC)C(=O)N2c4ccccc4C[C@H]2C(S(=O)(=O)O)N3)c1. The molecule has 0 saturated carbocycles. The van der Waals surface area contributed by atoms with Gasteiger partial charge in [-0.2, -0.15) is 8.42 Å². The highest BCUT2D eigenvalue weighted by atomic mass is 33.1. The summed E-state index contributed by atoms with van der Waals surface area (Å²) >= 11 is 0. The van der Waals surface area contributed by atoms with Gasteiger partial charge in [0.2, 0.25) is 5.91 Å². The predicted molar refractivity (Wildman–Crippen MR) is 338 cm³/mol. The first-order chi connectivity index (χ1) is 42.4. The van der Waals surface area contributed by atoms with E-state index in [1.807, 2.05) is 53.4 Å². The molecule has 5 aromatic rings. The topological polar surface area (TPSA) is 253 Å². The summed E-state index contributed by atoms with van der Waals surface area (Å²) in [5.41, 5.74) is 6.93. The molecule has 0 radical (unpaired) electrons. The molecule has 25 heteroatoms. The molecule has 5 aromatic carbocycles. The fraction of sp³-hybridized carbons (Fsp3) is 0.413. The first-order valence-corrected chi connectivity index (χ1v) is 32.9. The van der Waals surface area contributed by atoms with Crippen LogP contribution in [0.25, 0.3) is 0 Å². The van der Waals surface area contributed by atoms with Gasteiger partial charge in [0.25, 0.3) is 33.7 Å². The molecule has 0 fully saturated rings. The number of methoxy groups -OCH3 is 3. The maximum atomic E-state index is 14.5. The van der Waals surface area contributed by atoms with E-state index < -0.39 is 39.3 Å². The minimum Gasteiger partial charge on any atom is -0.493 e. The highest BCUT2D eigenvalue weighted by Gasteiger charge is 2.47. The lowest BCUT2D eigenvalue weighted by atomic mass is 10.1. The number of amides is 5. The Labute approximate surface area is 520 Å². The zero-order valence-electron chi connectivity index (χ0n) is 49.7. The van der Waals surface area contributed by atoms with Crippen LogP contribution in [-0.4, -0.2) is 162 Å². The van der Waals surface area contributed by atoms with Gasteiger partial charge < -0.3 is 63.8 Å². The van der Waals surface area contributed by atoms with Gasteiger partial charge in [0.05, 0.1) is 81.8 Å². The Morgan fingerprint density at radius 2 is 1.33 bits per heavy atom. The molecule has 468 valence electrons. The molecule has 0 spiro atoms. The second-order valence-corrected chi connectivity index (χ2v) is 27.0. The van der Waals surface area contributed by atoms with Gasteiger partial charge in [-0.15, -0.1) is 0 Å². The average Bonchev–Trinajstić information content (AvgIpc) is 1.70. The molecule has 10 rings (SSSR count). The lowest BCUT2D eigenvalue weighted by molar-refractivity contribution is -0.137. The van der Waals surface area contributed by atoms with E-state index in [4.69, 9.17) is 33.2 Å². The lowest BCUT2D eigenvalue weighted by Crippen LogP contribution is -2.49. The van der Waals surface area contributed by atoms with Crippen molar-refractivity contribution in [3.63, 3.8) is 0 Å². The van der Waals surface area contributed by atoms with Crippen LogP contribution in [0, 0.1) is 0 Å². The quantitative estimate of drug-likeness (QED) is 0.0150. The Morgan fingerprint density at radius 1 is 0.739 bits per heavy atom. The number of hydrogen-bond donors (Lipinski definition) is 4. The third-order valence-electron chi connectivity index (χ3n) is 15.6. The van der Waals surface area contributed by atoms with Gasteiger partial charge in [-0.25, -0.2) is 0 Å². The van der Waals surface area contributed by atoms with Gasteiger partial charge in [-0.1, -0.05) is 58.0 Å². The van der Waals surface area contributed by atoms with Crippen LogP contribution in [0.4, 0.5) is 28.4 Å². The molecule has 22 nitrogen and oxygen atoms in total. The number of nitrogens with one attached hydrogen (secondary N) is 3. The number of anilines is 5. The van der Waals surface area contributed by atoms with E-state index in [-0.39, 0.29) is 84.5 Å². The first kappa shape index (κ1) is 63.5. The highest BCUT2D eigenvalue weighted by Crippen LogP contribution is 2.45. The van der Waals surface area contributed by atoms with Crippen LogP contribution in [0.5, 0.6) is 23.0 Å². The Morgan fingerprint density at radius 3 is 1.98 bits per heavy atom. The van der Waals surface area contributed by atoms with Crippen molar-refractivity contribution in [3.05, 3.63) is 137 Å². The number of benzene rings is 5. The molecule has 5 aliphatic heterocycles. The Bertz CT molecular complexity index is 3550. The number of carbonyl (C=O) groups excluding carboxylic acids is 5. The molecule has 5 aliphatic rings. The number of para-hydroxylation sites is 2. The summed E-state index contributed by atoms with van der Waals surface area (Å²) in [6.07, 6.45) is 4.23. The summed E-state index contributed by atoms with van der Waals surface area (Å²) in [5, 5.41) is 7.73. The number of hydrogen-bond acceptors (Lipinski definition) is 19. The fourth-order valence-electron chi connectivity index (χ4n) is 11.5. The van der Waals surface area contributed by atoms with Crippen molar-refractivity contribution < 1.29 is 70.1 Å². The van der Waals surface area contributed by atoms with E-state index in [0.717, 1.165) is 39.4 Å². The minimum absolute atomic E-state index is 0.0424. The zero-order valence-corrected chi connectivity index (χ0v) is 52.2. The van der Waals surface area contributed by atoms with Gasteiger partial charge in [-0.05, 0) is 97.8 Å². The van der Waals surface area contributed by atoms with E-state index in [1.165, 1.54) is 43.4 Å². The van der Waals surface area contributed by atoms with E-state index in [1.54, 1.807) is 53.0 Å². The summed E-state index contributed by atoms with van der Waals surface area (Å²) in [6.45, 7) is 8.06. The summed E-state index contributed by atoms with van der Waals surface area (Å²) in [7, 11) is 3.18. The van der Waals surface area contributed by atoms with Crippen LogP contribution >= 0.6 is 21.6 Å². The largest absolute Gasteiger partial charge is 0.493 e. The first-order valence-electron chi connectivity index (χ1n) is 29.1. The molecule has 0 aliphatic carbocycles. The van der Waals surface area contributed by atoms with Crippen molar-refractivity contribution in [1.82, 2.24) is 10.2 Å². The third-order valence-corrected chi connectivity index (χ3v) is 20.1. The molecule has 1 unspecified atom stereocenters. The van der Waals surface area contributed by atoms with E-state index in [0.29, 0.717) is 98.8 Å². The second-order valence-electron chi connectivity index (χ2n) is 22.3.